The van der Waals surface area contributed by atoms with E-state index in [0.717, 1.165) is 26.9 Å². The predicted octanol–water partition coefficient (Wildman–Crippen LogP) is 5.76. The van der Waals surface area contributed by atoms with Crippen LogP contribution in [0.3, 0.4) is 0 Å². The fourth-order valence-electron chi connectivity index (χ4n) is 1.68. The number of alkyl halides is 1. The first-order valence-electron chi connectivity index (χ1n) is 5.25. The molecule has 96 valence electrons. The Balaban J connectivity index is 2.46. The quantitative estimate of drug-likeness (QED) is 0.421. The van der Waals surface area contributed by atoms with Gasteiger partial charge >= 0.3 is 0 Å². The summed E-state index contributed by atoms with van der Waals surface area (Å²) in [6, 6.07) is 6.15. The van der Waals surface area contributed by atoms with Gasteiger partial charge in [-0.05, 0) is 64.2 Å². The molecule has 0 amide bonds. The molecular formula is C13H11BrClIOS. The molecule has 1 aromatic carbocycles. The first-order chi connectivity index (χ1) is 8.52. The van der Waals surface area contributed by atoms with E-state index in [0.29, 0.717) is 0 Å². The monoisotopic (exact) mass is 456 g/mol. The second-order valence-electron chi connectivity index (χ2n) is 3.89. The van der Waals surface area contributed by atoms with E-state index >= 15 is 0 Å². The van der Waals surface area contributed by atoms with Crippen LogP contribution in [0.4, 0.5) is 0 Å². The van der Waals surface area contributed by atoms with Gasteiger partial charge < -0.3 is 4.74 Å². The number of hydrogen-bond acceptors (Lipinski definition) is 2. The van der Waals surface area contributed by atoms with Crippen molar-refractivity contribution < 1.29 is 4.74 Å². The Labute approximate surface area is 138 Å². The molecular weight excluding hydrogens is 446 g/mol. The van der Waals surface area contributed by atoms with Gasteiger partial charge in [-0.25, -0.2) is 0 Å². The van der Waals surface area contributed by atoms with E-state index in [1.807, 2.05) is 19.1 Å². The molecule has 0 bridgehead atoms. The van der Waals surface area contributed by atoms with Gasteiger partial charge in [-0.2, -0.15) is 0 Å². The highest BCUT2D eigenvalue weighted by Crippen LogP contribution is 2.39. The average Bonchev–Trinajstić information content (AvgIpc) is 2.78. The molecule has 2 aromatic rings. The van der Waals surface area contributed by atoms with Crippen LogP contribution in [0.25, 0.3) is 0 Å². The molecule has 1 aromatic heterocycles. The summed E-state index contributed by atoms with van der Waals surface area (Å²) >= 11 is 14.1. The van der Waals surface area contributed by atoms with Crippen molar-refractivity contribution in [2.75, 3.05) is 7.11 Å². The van der Waals surface area contributed by atoms with Gasteiger partial charge in [-0.3, -0.25) is 0 Å². The summed E-state index contributed by atoms with van der Waals surface area (Å²) < 4.78 is 7.71. The molecule has 5 heteroatoms. The number of thiophene rings is 1. The first-order valence-corrected chi connectivity index (χ1v) is 8.43. The van der Waals surface area contributed by atoms with Crippen LogP contribution in [0.5, 0.6) is 5.75 Å². The number of methoxy groups -OCH3 is 1. The normalized spacial score (nSPS) is 12.5. The molecule has 2 rings (SSSR count). The molecule has 0 aliphatic rings. The lowest BCUT2D eigenvalue weighted by Crippen LogP contribution is -1.97. The topological polar surface area (TPSA) is 9.23 Å². The Morgan fingerprint density at radius 3 is 2.67 bits per heavy atom. The molecule has 1 unspecified atom stereocenters. The zero-order valence-corrected chi connectivity index (χ0v) is 15.2. The minimum Gasteiger partial charge on any atom is -0.496 e. The summed E-state index contributed by atoms with van der Waals surface area (Å²) in [5, 5.41) is 1.91. The second-order valence-corrected chi connectivity index (χ2v) is 7.99. The van der Waals surface area contributed by atoms with Crippen molar-refractivity contribution >= 4 is 61.5 Å². The Bertz CT molecular complexity index is 570. The summed E-state index contributed by atoms with van der Waals surface area (Å²) in [5.74, 6) is 0.830. The molecule has 1 atom stereocenters. The van der Waals surface area contributed by atoms with E-state index in [1.165, 1.54) is 2.88 Å². The highest BCUT2D eigenvalue weighted by atomic mass is 127. The highest BCUT2D eigenvalue weighted by Gasteiger charge is 2.18. The van der Waals surface area contributed by atoms with Crippen molar-refractivity contribution in [2.24, 2.45) is 0 Å². The SMILES string of the molecule is COc1cc(C)c(Br)cc1C(Cl)c1csc(I)c1. The Hall–Kier alpha value is 0.220. The molecule has 0 N–H and O–H groups in total. The van der Waals surface area contributed by atoms with Crippen LogP contribution in [-0.4, -0.2) is 7.11 Å². The van der Waals surface area contributed by atoms with Crippen molar-refractivity contribution in [1.82, 2.24) is 0 Å². The van der Waals surface area contributed by atoms with Crippen molar-refractivity contribution in [1.29, 1.82) is 0 Å². The van der Waals surface area contributed by atoms with Gasteiger partial charge in [0.2, 0.25) is 0 Å². The molecule has 1 heterocycles. The van der Waals surface area contributed by atoms with E-state index in [9.17, 15) is 0 Å². The third kappa shape index (κ3) is 3.03. The molecule has 0 fully saturated rings. The number of benzene rings is 1. The van der Waals surface area contributed by atoms with Gasteiger partial charge in [0.15, 0.2) is 0 Å². The molecule has 0 saturated heterocycles. The van der Waals surface area contributed by atoms with Crippen molar-refractivity contribution in [3.63, 3.8) is 0 Å². The van der Waals surface area contributed by atoms with Crippen LogP contribution < -0.4 is 4.74 Å². The molecule has 0 aliphatic carbocycles. The Morgan fingerprint density at radius 1 is 1.39 bits per heavy atom. The fraction of sp³-hybridized carbons (Fsp3) is 0.231. The fourth-order valence-corrected chi connectivity index (χ4v) is 3.81. The maximum Gasteiger partial charge on any atom is 0.124 e. The van der Waals surface area contributed by atoms with Crippen molar-refractivity contribution in [2.45, 2.75) is 12.3 Å². The van der Waals surface area contributed by atoms with Gasteiger partial charge in [0.1, 0.15) is 5.75 Å². The van der Waals surface area contributed by atoms with Crippen LogP contribution in [0.1, 0.15) is 22.1 Å². The summed E-state index contributed by atoms with van der Waals surface area (Å²) in [6.07, 6.45) is 0. The minimum absolute atomic E-state index is 0.184. The summed E-state index contributed by atoms with van der Waals surface area (Å²) in [7, 11) is 1.67. The number of halogens is 3. The third-order valence-electron chi connectivity index (χ3n) is 2.66. The average molecular weight is 458 g/mol. The van der Waals surface area contributed by atoms with E-state index < -0.39 is 0 Å². The van der Waals surface area contributed by atoms with Crippen LogP contribution in [-0.2, 0) is 0 Å². The first kappa shape index (κ1) is 14.6. The summed E-state index contributed by atoms with van der Waals surface area (Å²) in [5.41, 5.74) is 3.24. The molecule has 18 heavy (non-hydrogen) atoms. The van der Waals surface area contributed by atoms with Crippen LogP contribution in [0.15, 0.2) is 28.1 Å². The van der Waals surface area contributed by atoms with Crippen molar-refractivity contribution in [3.8, 4) is 5.75 Å². The third-order valence-corrected chi connectivity index (χ3v) is 5.81. The number of aryl methyl sites for hydroxylation is 1. The standard InChI is InChI=1S/C13H11BrClIOS/c1-7-3-11(17-2)9(5-10(7)14)13(15)8-4-12(16)18-6-8/h3-6,13H,1-2H3. The second kappa shape index (κ2) is 6.11. The number of hydrogen-bond donors (Lipinski definition) is 0. The Morgan fingerprint density at radius 2 is 2.11 bits per heavy atom. The maximum atomic E-state index is 6.56. The van der Waals surface area contributed by atoms with Gasteiger partial charge in [-0.15, -0.1) is 22.9 Å². The van der Waals surface area contributed by atoms with Gasteiger partial charge in [0, 0.05) is 10.0 Å². The largest absolute Gasteiger partial charge is 0.496 e. The molecule has 0 saturated carbocycles. The van der Waals surface area contributed by atoms with E-state index in [1.54, 1.807) is 18.4 Å². The Kier molecular flexibility index (Phi) is 4.97. The van der Waals surface area contributed by atoms with E-state index in [4.69, 9.17) is 16.3 Å². The van der Waals surface area contributed by atoms with Gasteiger partial charge in [0.05, 0.1) is 15.4 Å². The van der Waals surface area contributed by atoms with Crippen molar-refractivity contribution in [3.05, 3.63) is 47.6 Å². The lowest BCUT2D eigenvalue weighted by Gasteiger charge is -2.15. The predicted molar refractivity (Wildman–Crippen MR) is 90.2 cm³/mol. The number of ether oxygens (including phenoxy) is 1. The maximum absolute atomic E-state index is 6.56. The minimum atomic E-state index is -0.184. The van der Waals surface area contributed by atoms with E-state index in [2.05, 4.69) is 50.0 Å². The zero-order chi connectivity index (χ0) is 13.3. The lowest BCUT2D eigenvalue weighted by molar-refractivity contribution is 0.409. The van der Waals surface area contributed by atoms with Gasteiger partial charge in [0.25, 0.3) is 0 Å². The molecule has 0 aliphatic heterocycles. The summed E-state index contributed by atoms with van der Waals surface area (Å²) in [6.45, 7) is 2.03. The van der Waals surface area contributed by atoms with Crippen LogP contribution >= 0.6 is 61.5 Å². The van der Waals surface area contributed by atoms with Gasteiger partial charge in [-0.1, -0.05) is 15.9 Å². The number of rotatable bonds is 3. The summed E-state index contributed by atoms with van der Waals surface area (Å²) in [4.78, 5) is 0. The molecule has 0 spiro atoms. The lowest BCUT2D eigenvalue weighted by atomic mass is 10.0. The molecule has 0 radical (unpaired) electrons. The molecule has 1 nitrogen and oxygen atoms in total. The van der Waals surface area contributed by atoms with Crippen LogP contribution in [0, 0.1) is 9.81 Å². The highest BCUT2D eigenvalue weighted by molar-refractivity contribution is 14.1. The smallest absolute Gasteiger partial charge is 0.124 e. The van der Waals surface area contributed by atoms with E-state index in [-0.39, 0.29) is 5.38 Å². The van der Waals surface area contributed by atoms with Crippen LogP contribution in [0.2, 0.25) is 0 Å². The zero-order valence-electron chi connectivity index (χ0n) is 9.84.